The predicted octanol–water partition coefficient (Wildman–Crippen LogP) is 1.09. The lowest BCUT2D eigenvalue weighted by atomic mass is 10.1. The van der Waals surface area contributed by atoms with Gasteiger partial charge in [-0.25, -0.2) is 14.6 Å². The SMILES string of the molecule is CC1(C)O[C@@H]2[C@@H](CO)C[C@@H](n3nc(I)c4c(N)ncnc43)[C@@H]2O1. The highest BCUT2D eigenvalue weighted by Gasteiger charge is 2.55. The fourth-order valence-electron chi connectivity index (χ4n) is 3.66. The van der Waals surface area contributed by atoms with E-state index in [1.807, 2.05) is 18.5 Å². The summed E-state index contributed by atoms with van der Waals surface area (Å²) in [5.74, 6) is -0.225. The molecule has 0 unspecified atom stereocenters. The number of aliphatic hydroxyl groups is 1. The van der Waals surface area contributed by atoms with Crippen molar-refractivity contribution in [2.24, 2.45) is 5.92 Å². The van der Waals surface area contributed by atoms with Crippen LogP contribution in [0.4, 0.5) is 5.82 Å². The Balaban J connectivity index is 1.81. The van der Waals surface area contributed by atoms with E-state index in [-0.39, 0.29) is 30.8 Å². The minimum atomic E-state index is -0.661. The average molecular weight is 431 g/mol. The van der Waals surface area contributed by atoms with Gasteiger partial charge in [0.25, 0.3) is 0 Å². The molecule has 1 aliphatic carbocycles. The summed E-state index contributed by atoms with van der Waals surface area (Å²) in [4.78, 5) is 8.40. The number of halogens is 1. The van der Waals surface area contributed by atoms with Crippen molar-refractivity contribution in [2.45, 2.75) is 44.3 Å². The van der Waals surface area contributed by atoms with E-state index in [9.17, 15) is 5.11 Å². The molecule has 1 saturated carbocycles. The number of nitrogens with zero attached hydrogens (tertiary/aromatic N) is 4. The van der Waals surface area contributed by atoms with Crippen molar-refractivity contribution >= 4 is 39.4 Å². The van der Waals surface area contributed by atoms with Crippen molar-refractivity contribution in [1.29, 1.82) is 0 Å². The standard InChI is InChI=1S/C14H18IN5O3/c1-14(2)22-9-6(4-21)3-7(10(9)23-14)20-13-8(11(15)19-20)12(16)17-5-18-13/h5-7,9-10,21H,3-4H2,1-2H3,(H2,16,17,18)/t6-,7-,9-,10+/m1/s1. The number of anilines is 1. The maximum Gasteiger partial charge on any atom is 0.164 e. The van der Waals surface area contributed by atoms with Crippen molar-refractivity contribution in [2.75, 3.05) is 12.3 Å². The number of hydrogen-bond donors (Lipinski definition) is 2. The van der Waals surface area contributed by atoms with E-state index in [4.69, 9.17) is 15.2 Å². The van der Waals surface area contributed by atoms with E-state index in [0.717, 1.165) is 15.5 Å². The molecular formula is C14H18IN5O3. The van der Waals surface area contributed by atoms with Crippen LogP contribution in [-0.4, -0.2) is 49.5 Å². The van der Waals surface area contributed by atoms with Crippen LogP contribution >= 0.6 is 22.6 Å². The van der Waals surface area contributed by atoms with E-state index in [0.29, 0.717) is 11.5 Å². The second kappa shape index (κ2) is 5.23. The smallest absolute Gasteiger partial charge is 0.164 e. The normalized spacial score (nSPS) is 32.5. The number of aliphatic hydroxyl groups excluding tert-OH is 1. The van der Waals surface area contributed by atoms with Gasteiger partial charge in [0, 0.05) is 12.5 Å². The third kappa shape index (κ3) is 2.32. The number of ether oxygens (including phenoxy) is 2. The van der Waals surface area contributed by atoms with Crippen molar-refractivity contribution in [1.82, 2.24) is 19.7 Å². The Hall–Kier alpha value is -1.04. The average Bonchev–Trinajstić information content (AvgIpc) is 3.08. The van der Waals surface area contributed by atoms with Crippen LogP contribution in [0.15, 0.2) is 6.33 Å². The first-order valence-electron chi connectivity index (χ1n) is 7.52. The largest absolute Gasteiger partial charge is 0.396 e. The van der Waals surface area contributed by atoms with Gasteiger partial charge in [-0.1, -0.05) is 0 Å². The predicted molar refractivity (Wildman–Crippen MR) is 90.5 cm³/mol. The maximum atomic E-state index is 9.70. The number of nitrogens with two attached hydrogens (primary N) is 1. The van der Waals surface area contributed by atoms with Gasteiger partial charge in [0.2, 0.25) is 0 Å². The second-order valence-corrected chi connectivity index (χ2v) is 7.53. The lowest BCUT2D eigenvalue weighted by molar-refractivity contribution is -0.162. The molecule has 0 radical (unpaired) electrons. The second-order valence-electron chi connectivity index (χ2n) is 6.50. The third-order valence-electron chi connectivity index (χ3n) is 4.58. The van der Waals surface area contributed by atoms with Crippen molar-refractivity contribution in [3.8, 4) is 0 Å². The van der Waals surface area contributed by atoms with Crippen LogP contribution in [0.2, 0.25) is 0 Å². The summed E-state index contributed by atoms with van der Waals surface area (Å²) in [5.41, 5.74) is 6.66. The molecule has 2 fully saturated rings. The number of rotatable bonds is 2. The molecule has 0 bridgehead atoms. The topological polar surface area (TPSA) is 108 Å². The van der Waals surface area contributed by atoms with Gasteiger partial charge in [-0.15, -0.1) is 0 Å². The lowest BCUT2D eigenvalue weighted by Gasteiger charge is -2.23. The highest BCUT2D eigenvalue weighted by molar-refractivity contribution is 14.1. The first-order valence-corrected chi connectivity index (χ1v) is 8.60. The van der Waals surface area contributed by atoms with Gasteiger partial charge in [-0.05, 0) is 42.9 Å². The van der Waals surface area contributed by atoms with Crippen LogP contribution in [0.1, 0.15) is 26.3 Å². The van der Waals surface area contributed by atoms with Crippen LogP contribution < -0.4 is 5.73 Å². The lowest BCUT2D eigenvalue weighted by Crippen LogP contribution is -2.28. The minimum Gasteiger partial charge on any atom is -0.396 e. The van der Waals surface area contributed by atoms with Gasteiger partial charge in [0.15, 0.2) is 11.4 Å². The minimum absolute atomic E-state index is 0.0165. The highest BCUT2D eigenvalue weighted by atomic mass is 127. The zero-order chi connectivity index (χ0) is 16.4. The number of aromatic nitrogens is 4. The van der Waals surface area contributed by atoms with E-state index >= 15 is 0 Å². The number of hydrogen-bond acceptors (Lipinski definition) is 7. The fraction of sp³-hybridized carbons (Fsp3) is 0.643. The summed E-state index contributed by atoms with van der Waals surface area (Å²) < 4.78 is 14.7. The molecule has 0 spiro atoms. The summed E-state index contributed by atoms with van der Waals surface area (Å²) in [6.07, 6.45) is 1.85. The van der Waals surface area contributed by atoms with E-state index in [1.54, 1.807) is 0 Å². The number of nitrogen functional groups attached to an aromatic ring is 1. The monoisotopic (exact) mass is 431 g/mol. The molecule has 4 rings (SSSR count). The summed E-state index contributed by atoms with van der Waals surface area (Å²) >= 11 is 2.14. The van der Waals surface area contributed by atoms with Gasteiger partial charge < -0.3 is 20.3 Å². The van der Waals surface area contributed by atoms with E-state index in [2.05, 4.69) is 37.7 Å². The molecule has 23 heavy (non-hydrogen) atoms. The van der Waals surface area contributed by atoms with Crippen LogP contribution in [0.25, 0.3) is 11.0 Å². The molecule has 9 heteroatoms. The summed E-state index contributed by atoms with van der Waals surface area (Å²) in [6, 6.07) is -0.0563. The molecule has 4 atom stereocenters. The van der Waals surface area contributed by atoms with Crippen molar-refractivity contribution in [3.63, 3.8) is 0 Å². The molecule has 2 aromatic rings. The molecule has 124 valence electrons. The van der Waals surface area contributed by atoms with Crippen LogP contribution in [0.5, 0.6) is 0 Å². The molecule has 0 aromatic carbocycles. The third-order valence-corrected chi connectivity index (χ3v) is 5.33. The molecular weight excluding hydrogens is 413 g/mol. The number of fused-ring (bicyclic) bond motifs is 2. The van der Waals surface area contributed by atoms with Gasteiger partial charge in [0.1, 0.15) is 21.9 Å². The molecule has 3 N–H and O–H groups in total. The quantitative estimate of drug-likeness (QED) is 0.686. The molecule has 3 heterocycles. The summed E-state index contributed by atoms with van der Waals surface area (Å²) in [6.45, 7) is 3.84. The Morgan fingerprint density at radius 2 is 2.13 bits per heavy atom. The zero-order valence-corrected chi connectivity index (χ0v) is 15.0. The summed E-state index contributed by atoms with van der Waals surface area (Å²) in [7, 11) is 0. The van der Waals surface area contributed by atoms with Crippen LogP contribution in [0.3, 0.4) is 0 Å². The Morgan fingerprint density at radius 3 is 2.87 bits per heavy atom. The Kier molecular flexibility index (Phi) is 3.52. The van der Waals surface area contributed by atoms with Gasteiger partial charge in [-0.2, -0.15) is 5.10 Å². The fourth-order valence-corrected chi connectivity index (χ4v) is 4.41. The first kappa shape index (κ1) is 15.5. The molecule has 8 nitrogen and oxygen atoms in total. The Labute approximate surface area is 146 Å². The van der Waals surface area contributed by atoms with Crippen LogP contribution in [-0.2, 0) is 9.47 Å². The molecule has 2 aliphatic rings. The summed E-state index contributed by atoms with van der Waals surface area (Å²) in [5, 5.41) is 15.1. The zero-order valence-electron chi connectivity index (χ0n) is 12.8. The van der Waals surface area contributed by atoms with Gasteiger partial charge in [-0.3, -0.25) is 0 Å². The maximum absolute atomic E-state index is 9.70. The molecule has 1 saturated heterocycles. The molecule has 2 aromatic heterocycles. The van der Waals surface area contributed by atoms with Crippen molar-refractivity contribution in [3.05, 3.63) is 10.0 Å². The Morgan fingerprint density at radius 1 is 1.39 bits per heavy atom. The van der Waals surface area contributed by atoms with Crippen LogP contribution in [0, 0.1) is 9.62 Å². The Bertz CT molecular complexity index is 764. The molecule has 1 aliphatic heterocycles. The first-order chi connectivity index (χ1) is 10.9. The van der Waals surface area contributed by atoms with E-state index in [1.165, 1.54) is 6.33 Å². The van der Waals surface area contributed by atoms with Gasteiger partial charge in [0.05, 0.1) is 17.5 Å². The van der Waals surface area contributed by atoms with Crippen molar-refractivity contribution < 1.29 is 14.6 Å². The van der Waals surface area contributed by atoms with Gasteiger partial charge >= 0.3 is 0 Å². The van der Waals surface area contributed by atoms with E-state index < -0.39 is 5.79 Å². The highest BCUT2D eigenvalue weighted by Crippen LogP contribution is 2.47. The molecule has 0 amide bonds.